The molecule has 0 aliphatic heterocycles. The van der Waals surface area contributed by atoms with Crippen molar-refractivity contribution in [1.29, 1.82) is 5.26 Å². The molecule has 5 nitrogen and oxygen atoms in total. The molecule has 1 aromatic heterocycles. The number of nitrogens with zero attached hydrogens (tertiary/aromatic N) is 3. The first-order chi connectivity index (χ1) is 8.69. The average Bonchev–Trinajstić information content (AvgIpc) is 2.37. The molecule has 0 fully saturated rings. The third kappa shape index (κ3) is 4.15. The van der Waals surface area contributed by atoms with Gasteiger partial charge in [-0.1, -0.05) is 13.0 Å². The summed E-state index contributed by atoms with van der Waals surface area (Å²) in [5.41, 5.74) is 6.40. The van der Waals surface area contributed by atoms with E-state index in [2.05, 4.69) is 11.1 Å². The van der Waals surface area contributed by atoms with Gasteiger partial charge in [-0.25, -0.2) is 0 Å². The summed E-state index contributed by atoms with van der Waals surface area (Å²) < 4.78 is 0. The second-order valence-electron chi connectivity index (χ2n) is 4.07. The molecule has 0 radical (unpaired) electrons. The van der Waals surface area contributed by atoms with Gasteiger partial charge in [-0.05, 0) is 18.1 Å². The van der Waals surface area contributed by atoms with Crippen LogP contribution in [0.1, 0.15) is 25.3 Å². The molecule has 1 heterocycles. The zero-order valence-corrected chi connectivity index (χ0v) is 10.5. The highest BCUT2D eigenvalue weighted by atomic mass is 16.1. The van der Waals surface area contributed by atoms with E-state index < -0.39 is 0 Å². The lowest BCUT2D eigenvalue weighted by molar-refractivity contribution is -0.123. The molecule has 18 heavy (non-hydrogen) atoms. The third-order valence-corrected chi connectivity index (χ3v) is 2.78. The molecule has 0 aromatic carbocycles. The Bertz CT molecular complexity index is 413. The topological polar surface area (TPSA) is 83.0 Å². The summed E-state index contributed by atoms with van der Waals surface area (Å²) in [6, 6.07) is 5.55. The van der Waals surface area contributed by atoms with E-state index in [9.17, 15) is 4.79 Å². The number of primary amides is 1. The van der Waals surface area contributed by atoms with Gasteiger partial charge in [0.15, 0.2) is 0 Å². The van der Waals surface area contributed by atoms with E-state index in [0.717, 1.165) is 5.56 Å². The number of nitriles is 1. The lowest BCUT2D eigenvalue weighted by atomic mass is 10.1. The molecule has 0 bridgehead atoms. The van der Waals surface area contributed by atoms with E-state index in [1.807, 2.05) is 24.0 Å². The zero-order valence-electron chi connectivity index (χ0n) is 10.5. The average molecular weight is 246 g/mol. The molecule has 0 aliphatic carbocycles. The van der Waals surface area contributed by atoms with Gasteiger partial charge in [0.2, 0.25) is 5.91 Å². The first-order valence-electron chi connectivity index (χ1n) is 5.98. The fourth-order valence-electron chi connectivity index (χ4n) is 1.90. The zero-order chi connectivity index (χ0) is 13.4. The van der Waals surface area contributed by atoms with Crippen molar-refractivity contribution in [3.8, 4) is 6.07 Å². The second-order valence-corrected chi connectivity index (χ2v) is 4.07. The summed E-state index contributed by atoms with van der Waals surface area (Å²) in [7, 11) is 0. The molecule has 2 N–H and O–H groups in total. The van der Waals surface area contributed by atoms with Gasteiger partial charge in [0, 0.05) is 31.9 Å². The summed E-state index contributed by atoms with van der Waals surface area (Å²) in [6.07, 6.45) is 4.48. The van der Waals surface area contributed by atoms with Crippen molar-refractivity contribution < 1.29 is 4.79 Å². The molecular weight excluding hydrogens is 228 g/mol. The molecule has 1 rings (SSSR count). The summed E-state index contributed by atoms with van der Waals surface area (Å²) in [4.78, 5) is 17.4. The van der Waals surface area contributed by atoms with Crippen LogP contribution < -0.4 is 5.73 Å². The van der Waals surface area contributed by atoms with Crippen LogP contribution in [0.5, 0.6) is 0 Å². The van der Waals surface area contributed by atoms with Crippen molar-refractivity contribution in [3.05, 3.63) is 30.1 Å². The van der Waals surface area contributed by atoms with Crippen LogP contribution in [0.15, 0.2) is 24.5 Å². The molecular formula is C13H18N4O. The van der Waals surface area contributed by atoms with E-state index in [1.54, 1.807) is 12.4 Å². The van der Waals surface area contributed by atoms with Gasteiger partial charge in [0.25, 0.3) is 0 Å². The Labute approximate surface area is 107 Å². The predicted octanol–water partition coefficient (Wildman–Crippen LogP) is 1.06. The molecule has 0 saturated heterocycles. The van der Waals surface area contributed by atoms with Gasteiger partial charge in [0.05, 0.1) is 12.1 Å². The molecule has 0 saturated carbocycles. The number of rotatable bonds is 7. The Morgan fingerprint density at radius 3 is 2.94 bits per heavy atom. The van der Waals surface area contributed by atoms with Crippen molar-refractivity contribution in [1.82, 2.24) is 9.88 Å². The highest BCUT2D eigenvalue weighted by Gasteiger charge is 2.21. The van der Waals surface area contributed by atoms with Crippen LogP contribution in [-0.4, -0.2) is 28.4 Å². The van der Waals surface area contributed by atoms with Gasteiger partial charge in [-0.15, -0.1) is 0 Å². The lowest BCUT2D eigenvalue weighted by Crippen LogP contribution is -2.44. The number of hydrogen-bond acceptors (Lipinski definition) is 4. The monoisotopic (exact) mass is 246 g/mol. The first kappa shape index (κ1) is 14.1. The second kappa shape index (κ2) is 7.41. The van der Waals surface area contributed by atoms with Crippen molar-refractivity contribution in [2.24, 2.45) is 5.73 Å². The number of hydrogen-bond donors (Lipinski definition) is 1. The maximum atomic E-state index is 11.4. The summed E-state index contributed by atoms with van der Waals surface area (Å²) >= 11 is 0. The first-order valence-corrected chi connectivity index (χ1v) is 5.98. The van der Waals surface area contributed by atoms with Gasteiger partial charge in [0.1, 0.15) is 0 Å². The number of aromatic nitrogens is 1. The van der Waals surface area contributed by atoms with E-state index in [-0.39, 0.29) is 11.9 Å². The standard InChI is InChI=1S/C13H18N4O/c1-2-12(13(15)18)17(8-4-6-14)10-11-5-3-7-16-9-11/h3,5,7,9,12H,2,4,8,10H2,1H3,(H2,15,18). The minimum absolute atomic E-state index is 0.335. The molecule has 1 unspecified atom stereocenters. The summed E-state index contributed by atoms with van der Waals surface area (Å²) in [6.45, 7) is 3.03. The van der Waals surface area contributed by atoms with E-state index >= 15 is 0 Å². The Balaban J connectivity index is 2.78. The quantitative estimate of drug-likeness (QED) is 0.779. The van der Waals surface area contributed by atoms with Crippen LogP contribution in [0.4, 0.5) is 0 Å². The Morgan fingerprint density at radius 1 is 1.67 bits per heavy atom. The van der Waals surface area contributed by atoms with Crippen molar-refractivity contribution >= 4 is 5.91 Å². The normalized spacial score (nSPS) is 12.1. The molecule has 0 aliphatic rings. The third-order valence-electron chi connectivity index (χ3n) is 2.78. The molecule has 1 amide bonds. The van der Waals surface area contributed by atoms with Crippen molar-refractivity contribution in [2.75, 3.05) is 6.54 Å². The van der Waals surface area contributed by atoms with Gasteiger partial charge < -0.3 is 5.73 Å². The minimum Gasteiger partial charge on any atom is -0.368 e. The molecule has 0 spiro atoms. The molecule has 1 atom stereocenters. The van der Waals surface area contributed by atoms with Crippen LogP contribution >= 0.6 is 0 Å². The van der Waals surface area contributed by atoms with Crippen LogP contribution in [0.3, 0.4) is 0 Å². The minimum atomic E-state index is -0.348. The maximum Gasteiger partial charge on any atom is 0.234 e. The van der Waals surface area contributed by atoms with Crippen LogP contribution in [0.2, 0.25) is 0 Å². The molecule has 96 valence electrons. The fraction of sp³-hybridized carbons (Fsp3) is 0.462. The Morgan fingerprint density at radius 2 is 2.44 bits per heavy atom. The van der Waals surface area contributed by atoms with E-state index in [1.165, 1.54) is 0 Å². The van der Waals surface area contributed by atoms with E-state index in [0.29, 0.717) is 25.9 Å². The number of carbonyl (C=O) groups is 1. The highest BCUT2D eigenvalue weighted by molar-refractivity contribution is 5.79. The van der Waals surface area contributed by atoms with Crippen LogP contribution in [0, 0.1) is 11.3 Å². The van der Waals surface area contributed by atoms with E-state index in [4.69, 9.17) is 11.0 Å². The van der Waals surface area contributed by atoms with Crippen LogP contribution in [0.25, 0.3) is 0 Å². The SMILES string of the molecule is CCC(C(N)=O)N(CCC#N)Cc1cccnc1. The largest absolute Gasteiger partial charge is 0.368 e. The number of pyridine rings is 1. The fourth-order valence-corrected chi connectivity index (χ4v) is 1.90. The summed E-state index contributed by atoms with van der Waals surface area (Å²) in [5.74, 6) is -0.348. The van der Waals surface area contributed by atoms with Gasteiger partial charge >= 0.3 is 0 Å². The Hall–Kier alpha value is -1.93. The predicted molar refractivity (Wildman–Crippen MR) is 68.2 cm³/mol. The lowest BCUT2D eigenvalue weighted by Gasteiger charge is -2.27. The number of nitrogens with two attached hydrogens (primary N) is 1. The summed E-state index contributed by atoms with van der Waals surface area (Å²) in [5, 5.41) is 8.67. The van der Waals surface area contributed by atoms with Crippen LogP contribution in [-0.2, 0) is 11.3 Å². The number of carbonyl (C=O) groups excluding carboxylic acids is 1. The number of amides is 1. The van der Waals surface area contributed by atoms with Crippen molar-refractivity contribution in [3.63, 3.8) is 0 Å². The van der Waals surface area contributed by atoms with Gasteiger partial charge in [-0.2, -0.15) is 5.26 Å². The maximum absolute atomic E-state index is 11.4. The smallest absolute Gasteiger partial charge is 0.234 e. The molecule has 5 heteroatoms. The van der Waals surface area contributed by atoms with Gasteiger partial charge in [-0.3, -0.25) is 14.7 Å². The highest BCUT2D eigenvalue weighted by Crippen LogP contribution is 2.10. The Kier molecular flexibility index (Phi) is 5.81. The molecule has 1 aromatic rings. The van der Waals surface area contributed by atoms with Crippen molar-refractivity contribution in [2.45, 2.75) is 32.4 Å².